The van der Waals surface area contributed by atoms with Crippen LogP contribution in [-0.2, 0) is 19.1 Å². The smallest absolute Gasteiger partial charge is 0.306 e. The molecule has 3 N–H and O–H groups in total. The summed E-state index contributed by atoms with van der Waals surface area (Å²) in [6.45, 7) is 3.97. The molecule has 54 heavy (non-hydrogen) atoms. The van der Waals surface area contributed by atoms with Crippen molar-refractivity contribution in [3.8, 4) is 0 Å². The maximum absolute atomic E-state index is 12.0. The molecule has 0 aliphatic heterocycles. The Bertz CT molecular complexity index is 1030. The Balaban J connectivity index is 3.64. The van der Waals surface area contributed by atoms with Crippen molar-refractivity contribution in [1.29, 1.82) is 0 Å². The Morgan fingerprint density at radius 3 is 1.35 bits per heavy atom. The summed E-state index contributed by atoms with van der Waals surface area (Å²) in [7, 11) is 0. The number of hydrogen-bond acceptors (Lipinski definition) is 7. The van der Waals surface area contributed by atoms with E-state index in [1.54, 1.807) is 24.3 Å². The molecule has 0 unspecified atom stereocenters. The third-order valence-electron chi connectivity index (χ3n) is 9.14. The van der Waals surface area contributed by atoms with Gasteiger partial charge in [-0.15, -0.1) is 0 Å². The van der Waals surface area contributed by atoms with Gasteiger partial charge >= 0.3 is 11.9 Å². The number of allylic oxidation sites excluding steroid dienone is 8. The van der Waals surface area contributed by atoms with Gasteiger partial charge in [0.25, 0.3) is 0 Å². The lowest BCUT2D eigenvalue weighted by molar-refractivity contribution is -0.152. The standard InChI is InChI=1S/C47H80O7/c1-3-5-7-8-9-10-11-12-13-14-15-16-17-18-19-20-21-25-33-39-46(51)53-41-45(50)42-54-47(52)40-34-26-23-22-24-30-36-44(49)38-32-28-27-31-37-43(48)35-29-6-4-2/h6,23-24,26-32,37-38,43-45,48-50H,3-5,7-22,25,33-36,39-42H2,1-2H3/b26-23-,28-27-,29-6-,30-24-,37-31+,38-32+/t43-,44+,45+/m1/s1. The Morgan fingerprint density at radius 2 is 0.889 bits per heavy atom. The van der Waals surface area contributed by atoms with Gasteiger partial charge in [0, 0.05) is 12.8 Å². The van der Waals surface area contributed by atoms with Crippen LogP contribution < -0.4 is 0 Å². The van der Waals surface area contributed by atoms with Crippen LogP contribution in [0.1, 0.15) is 181 Å². The van der Waals surface area contributed by atoms with Crippen LogP contribution in [-0.4, -0.2) is 58.8 Å². The maximum atomic E-state index is 12.0. The van der Waals surface area contributed by atoms with Crippen LogP contribution in [0.2, 0.25) is 0 Å². The van der Waals surface area contributed by atoms with E-state index >= 15 is 0 Å². The van der Waals surface area contributed by atoms with Crippen LogP contribution in [0, 0.1) is 0 Å². The quantitative estimate of drug-likeness (QED) is 0.0249. The van der Waals surface area contributed by atoms with Gasteiger partial charge < -0.3 is 24.8 Å². The molecule has 7 heteroatoms. The minimum atomic E-state index is -1.03. The van der Waals surface area contributed by atoms with Crippen molar-refractivity contribution in [3.63, 3.8) is 0 Å². The summed E-state index contributed by atoms with van der Waals surface area (Å²) in [5.41, 5.74) is 0. The van der Waals surface area contributed by atoms with E-state index in [1.807, 2.05) is 48.6 Å². The van der Waals surface area contributed by atoms with Gasteiger partial charge in [-0.2, -0.15) is 0 Å². The van der Waals surface area contributed by atoms with Crippen molar-refractivity contribution in [1.82, 2.24) is 0 Å². The van der Waals surface area contributed by atoms with E-state index in [0.717, 1.165) is 25.7 Å². The van der Waals surface area contributed by atoms with E-state index in [4.69, 9.17) is 9.47 Å². The molecule has 0 aliphatic carbocycles. The lowest BCUT2D eigenvalue weighted by atomic mass is 10.0. The molecule has 0 saturated carbocycles. The van der Waals surface area contributed by atoms with Gasteiger partial charge in [0.2, 0.25) is 0 Å². The number of aliphatic hydroxyl groups is 3. The first-order chi connectivity index (χ1) is 26.4. The van der Waals surface area contributed by atoms with E-state index < -0.39 is 24.3 Å². The molecule has 0 aromatic heterocycles. The number of esters is 2. The fourth-order valence-corrected chi connectivity index (χ4v) is 5.82. The van der Waals surface area contributed by atoms with Crippen molar-refractivity contribution >= 4 is 11.9 Å². The molecular formula is C47H80O7. The van der Waals surface area contributed by atoms with Gasteiger partial charge in [0.1, 0.15) is 19.3 Å². The van der Waals surface area contributed by atoms with Crippen LogP contribution in [0.5, 0.6) is 0 Å². The zero-order chi connectivity index (χ0) is 39.6. The van der Waals surface area contributed by atoms with Gasteiger partial charge in [-0.3, -0.25) is 9.59 Å². The second-order valence-electron chi connectivity index (χ2n) is 14.5. The average Bonchev–Trinajstić information content (AvgIpc) is 3.16. The normalized spacial score (nSPS) is 14.1. The predicted molar refractivity (Wildman–Crippen MR) is 226 cm³/mol. The molecule has 310 valence electrons. The average molecular weight is 757 g/mol. The van der Waals surface area contributed by atoms with Crippen LogP contribution in [0.15, 0.2) is 72.9 Å². The second kappa shape index (κ2) is 41.4. The zero-order valence-corrected chi connectivity index (χ0v) is 34.4. The van der Waals surface area contributed by atoms with Crippen LogP contribution in [0.4, 0.5) is 0 Å². The van der Waals surface area contributed by atoms with Crippen molar-refractivity contribution in [2.45, 2.75) is 199 Å². The topological polar surface area (TPSA) is 113 Å². The first-order valence-corrected chi connectivity index (χ1v) is 21.7. The first-order valence-electron chi connectivity index (χ1n) is 21.7. The number of aliphatic hydroxyl groups excluding tert-OH is 3. The van der Waals surface area contributed by atoms with E-state index in [-0.39, 0.29) is 25.6 Å². The molecule has 0 amide bonds. The number of hydrogen-bond donors (Lipinski definition) is 3. The fraction of sp³-hybridized carbons (Fsp3) is 0.702. The lowest BCUT2D eigenvalue weighted by Crippen LogP contribution is -2.25. The Kier molecular flexibility index (Phi) is 39.3. The second-order valence-corrected chi connectivity index (χ2v) is 14.5. The predicted octanol–water partition coefficient (Wildman–Crippen LogP) is 11.7. The molecule has 0 aliphatic rings. The van der Waals surface area contributed by atoms with Gasteiger partial charge in [-0.05, 0) is 38.5 Å². The van der Waals surface area contributed by atoms with E-state index in [1.165, 1.54) is 103 Å². The molecule has 0 spiro atoms. The molecule has 0 heterocycles. The summed E-state index contributed by atoms with van der Waals surface area (Å²) in [5, 5.41) is 29.9. The minimum absolute atomic E-state index is 0.168. The first kappa shape index (κ1) is 51.3. The van der Waals surface area contributed by atoms with Crippen LogP contribution in [0.3, 0.4) is 0 Å². The van der Waals surface area contributed by atoms with Gasteiger partial charge in [-0.1, -0.05) is 202 Å². The molecule has 0 aromatic rings. The summed E-state index contributed by atoms with van der Waals surface area (Å²) >= 11 is 0. The third-order valence-corrected chi connectivity index (χ3v) is 9.14. The fourth-order valence-electron chi connectivity index (χ4n) is 5.82. The Hall–Kier alpha value is -2.74. The molecule has 0 aromatic carbocycles. The Morgan fingerprint density at radius 1 is 0.481 bits per heavy atom. The highest BCUT2D eigenvalue weighted by atomic mass is 16.6. The summed E-state index contributed by atoms with van der Waals surface area (Å²) < 4.78 is 10.3. The van der Waals surface area contributed by atoms with Crippen LogP contribution >= 0.6 is 0 Å². The summed E-state index contributed by atoms with van der Waals surface area (Å²) in [6, 6.07) is 0. The minimum Gasteiger partial charge on any atom is -0.463 e. The van der Waals surface area contributed by atoms with E-state index in [9.17, 15) is 24.9 Å². The highest BCUT2D eigenvalue weighted by Gasteiger charge is 2.11. The van der Waals surface area contributed by atoms with Gasteiger partial charge in [-0.25, -0.2) is 0 Å². The van der Waals surface area contributed by atoms with E-state index in [0.29, 0.717) is 32.1 Å². The monoisotopic (exact) mass is 757 g/mol. The highest BCUT2D eigenvalue weighted by molar-refractivity contribution is 5.70. The number of carbonyl (C=O) groups excluding carboxylic acids is 2. The lowest BCUT2D eigenvalue weighted by Gasteiger charge is -2.12. The van der Waals surface area contributed by atoms with Crippen molar-refractivity contribution < 1.29 is 34.4 Å². The maximum Gasteiger partial charge on any atom is 0.306 e. The summed E-state index contributed by atoms with van der Waals surface area (Å²) in [5.74, 6) is -0.726. The van der Waals surface area contributed by atoms with Crippen molar-refractivity contribution in [2.24, 2.45) is 0 Å². The summed E-state index contributed by atoms with van der Waals surface area (Å²) in [6.07, 6.45) is 49.0. The van der Waals surface area contributed by atoms with E-state index in [2.05, 4.69) is 13.8 Å². The van der Waals surface area contributed by atoms with Gasteiger partial charge in [0.15, 0.2) is 0 Å². The molecule has 0 radical (unpaired) electrons. The van der Waals surface area contributed by atoms with Crippen molar-refractivity contribution in [3.05, 3.63) is 72.9 Å². The van der Waals surface area contributed by atoms with Crippen molar-refractivity contribution in [2.75, 3.05) is 13.2 Å². The number of unbranched alkanes of at least 4 members (excludes halogenated alkanes) is 18. The molecular weight excluding hydrogens is 677 g/mol. The SMILES string of the molecule is CC/C=C\C[C@@H](O)/C=C/C=C\C=C\[C@@H](O)C/C=C\C/C=C\CCC(=O)OC[C@@H](O)COC(=O)CCCCCCCCCCCCCCCCCCCCC. The van der Waals surface area contributed by atoms with Gasteiger partial charge in [0.05, 0.1) is 12.2 Å². The molecule has 0 rings (SSSR count). The number of ether oxygens (including phenoxy) is 2. The zero-order valence-electron chi connectivity index (χ0n) is 34.4. The molecule has 0 saturated heterocycles. The molecule has 0 bridgehead atoms. The molecule has 0 fully saturated rings. The Labute approximate surface area is 330 Å². The third kappa shape index (κ3) is 40.4. The highest BCUT2D eigenvalue weighted by Crippen LogP contribution is 2.15. The molecule has 3 atom stereocenters. The molecule has 7 nitrogen and oxygen atoms in total. The number of rotatable bonds is 38. The largest absolute Gasteiger partial charge is 0.463 e. The van der Waals surface area contributed by atoms with Crippen LogP contribution in [0.25, 0.3) is 0 Å². The summed E-state index contributed by atoms with van der Waals surface area (Å²) in [4.78, 5) is 24.0. The number of carbonyl (C=O) groups is 2.